The number of piperazine rings is 1. The quantitative estimate of drug-likeness (QED) is 0.822. The van der Waals surface area contributed by atoms with Crippen molar-refractivity contribution in [3.8, 4) is 0 Å². The van der Waals surface area contributed by atoms with Gasteiger partial charge in [-0.15, -0.1) is 0 Å². The van der Waals surface area contributed by atoms with Gasteiger partial charge in [-0.3, -0.25) is 9.69 Å². The van der Waals surface area contributed by atoms with Gasteiger partial charge in [0.1, 0.15) is 5.82 Å². The Morgan fingerprint density at radius 3 is 2.65 bits per heavy atom. The monoisotopic (exact) mass is 361 g/mol. The molecule has 1 aromatic carbocycles. The van der Waals surface area contributed by atoms with Gasteiger partial charge in [0.25, 0.3) is 0 Å². The van der Waals surface area contributed by atoms with Crippen LogP contribution in [0, 0.1) is 0 Å². The van der Waals surface area contributed by atoms with Crippen molar-refractivity contribution < 1.29 is 18.0 Å². The van der Waals surface area contributed by atoms with Gasteiger partial charge in [-0.2, -0.15) is 13.2 Å². The van der Waals surface area contributed by atoms with Crippen LogP contribution in [-0.4, -0.2) is 41.3 Å². The standard InChI is InChI=1S/C19H18F3N3O/c20-19(21,22)14-8-16-17(26)9-15-12-24(11-13-4-2-1-3-5-13)6-7-25(15)18(16)23-10-14/h1-5,8,10,15H,6-7,9,11-12H2. The lowest BCUT2D eigenvalue weighted by Crippen LogP contribution is -2.56. The van der Waals surface area contributed by atoms with E-state index in [1.54, 1.807) is 0 Å². The van der Waals surface area contributed by atoms with Crippen LogP contribution in [0.25, 0.3) is 0 Å². The molecule has 0 amide bonds. The summed E-state index contributed by atoms with van der Waals surface area (Å²) in [5, 5.41) is 0. The summed E-state index contributed by atoms with van der Waals surface area (Å²) < 4.78 is 38.7. The number of hydrogen-bond acceptors (Lipinski definition) is 4. The van der Waals surface area contributed by atoms with Crippen molar-refractivity contribution in [2.45, 2.75) is 25.2 Å². The molecule has 1 atom stereocenters. The van der Waals surface area contributed by atoms with E-state index in [4.69, 9.17) is 0 Å². The molecule has 2 aliphatic rings. The molecule has 0 saturated carbocycles. The number of anilines is 1. The van der Waals surface area contributed by atoms with Gasteiger partial charge in [-0.1, -0.05) is 30.3 Å². The summed E-state index contributed by atoms with van der Waals surface area (Å²) in [4.78, 5) is 20.7. The minimum Gasteiger partial charge on any atom is -0.350 e. The van der Waals surface area contributed by atoms with Crippen LogP contribution >= 0.6 is 0 Å². The molecule has 1 aromatic heterocycles. The number of fused-ring (bicyclic) bond motifs is 3. The summed E-state index contributed by atoms with van der Waals surface area (Å²) in [6.07, 6.45) is -3.44. The normalized spacial score (nSPS) is 20.7. The maximum atomic E-state index is 12.9. The SMILES string of the molecule is O=C1CC2CN(Cc3ccccc3)CCN2c2ncc(C(F)(F)F)cc21. The highest BCUT2D eigenvalue weighted by atomic mass is 19.4. The Morgan fingerprint density at radius 1 is 1.15 bits per heavy atom. The zero-order valence-corrected chi connectivity index (χ0v) is 14.0. The predicted octanol–water partition coefficient (Wildman–Crippen LogP) is 3.38. The topological polar surface area (TPSA) is 36.4 Å². The van der Waals surface area contributed by atoms with Crippen molar-refractivity contribution in [3.63, 3.8) is 0 Å². The molecule has 4 nitrogen and oxygen atoms in total. The lowest BCUT2D eigenvalue weighted by atomic mass is 9.94. The third-order valence-electron chi connectivity index (χ3n) is 5.00. The van der Waals surface area contributed by atoms with Crippen LogP contribution in [0.2, 0.25) is 0 Å². The largest absolute Gasteiger partial charge is 0.417 e. The molecule has 3 heterocycles. The highest BCUT2D eigenvalue weighted by molar-refractivity contribution is 6.03. The number of aromatic nitrogens is 1. The summed E-state index contributed by atoms with van der Waals surface area (Å²) in [6.45, 7) is 2.92. The van der Waals surface area contributed by atoms with E-state index >= 15 is 0 Å². The van der Waals surface area contributed by atoms with Crippen LogP contribution in [-0.2, 0) is 12.7 Å². The molecule has 136 valence electrons. The molecular formula is C19H18F3N3O. The molecule has 1 fully saturated rings. The lowest BCUT2D eigenvalue weighted by Gasteiger charge is -2.44. The van der Waals surface area contributed by atoms with E-state index in [-0.39, 0.29) is 23.8 Å². The molecular weight excluding hydrogens is 343 g/mol. The summed E-state index contributed by atoms with van der Waals surface area (Å²) in [5.74, 6) is 0.125. The Balaban J connectivity index is 1.54. The Labute approximate surface area is 149 Å². The van der Waals surface area contributed by atoms with Crippen molar-refractivity contribution in [1.82, 2.24) is 9.88 Å². The number of ketones is 1. The van der Waals surface area contributed by atoms with Crippen molar-refractivity contribution >= 4 is 11.6 Å². The average molecular weight is 361 g/mol. The number of pyridine rings is 1. The second-order valence-electron chi connectivity index (χ2n) is 6.79. The first-order valence-electron chi connectivity index (χ1n) is 8.55. The second kappa shape index (κ2) is 6.39. The minimum atomic E-state index is -4.49. The number of carbonyl (C=O) groups is 1. The minimum absolute atomic E-state index is 0.0447. The molecule has 26 heavy (non-hydrogen) atoms. The molecule has 0 aliphatic carbocycles. The Kier molecular flexibility index (Phi) is 4.19. The zero-order valence-electron chi connectivity index (χ0n) is 14.0. The maximum absolute atomic E-state index is 12.9. The number of rotatable bonds is 2. The van der Waals surface area contributed by atoms with Gasteiger partial charge in [0, 0.05) is 38.8 Å². The van der Waals surface area contributed by atoms with Crippen LogP contribution in [0.4, 0.5) is 19.0 Å². The van der Waals surface area contributed by atoms with E-state index in [0.717, 1.165) is 25.4 Å². The highest BCUT2D eigenvalue weighted by Gasteiger charge is 2.39. The maximum Gasteiger partial charge on any atom is 0.417 e. The predicted molar refractivity (Wildman–Crippen MR) is 91.0 cm³/mol. The second-order valence-corrected chi connectivity index (χ2v) is 6.79. The lowest BCUT2D eigenvalue weighted by molar-refractivity contribution is -0.137. The number of halogens is 3. The van der Waals surface area contributed by atoms with Gasteiger partial charge < -0.3 is 4.90 Å². The van der Waals surface area contributed by atoms with Crippen molar-refractivity contribution in [3.05, 3.63) is 59.3 Å². The number of Topliss-reactive ketones (excluding diaryl/α,β-unsaturated/α-hetero) is 1. The first kappa shape index (κ1) is 17.0. The highest BCUT2D eigenvalue weighted by Crippen LogP contribution is 2.36. The van der Waals surface area contributed by atoms with Gasteiger partial charge >= 0.3 is 6.18 Å². The van der Waals surface area contributed by atoms with E-state index in [2.05, 4.69) is 22.0 Å². The molecule has 1 saturated heterocycles. The third-order valence-corrected chi connectivity index (χ3v) is 5.00. The fraction of sp³-hybridized carbons (Fsp3) is 0.368. The van der Waals surface area contributed by atoms with E-state index in [0.29, 0.717) is 18.9 Å². The van der Waals surface area contributed by atoms with E-state index < -0.39 is 11.7 Å². The molecule has 2 aliphatic heterocycles. The number of carbonyl (C=O) groups excluding carboxylic acids is 1. The Hall–Kier alpha value is -2.41. The fourth-order valence-corrected chi connectivity index (χ4v) is 3.73. The summed E-state index contributed by atoms with van der Waals surface area (Å²) in [7, 11) is 0. The van der Waals surface area contributed by atoms with Gasteiger partial charge in [-0.05, 0) is 11.6 Å². The van der Waals surface area contributed by atoms with E-state index in [9.17, 15) is 18.0 Å². The van der Waals surface area contributed by atoms with Crippen LogP contribution in [0.5, 0.6) is 0 Å². The van der Waals surface area contributed by atoms with Crippen molar-refractivity contribution in [2.75, 3.05) is 24.5 Å². The van der Waals surface area contributed by atoms with E-state index in [1.165, 1.54) is 5.56 Å². The molecule has 0 spiro atoms. The van der Waals surface area contributed by atoms with Crippen LogP contribution in [0.1, 0.15) is 27.9 Å². The molecule has 0 N–H and O–H groups in total. The van der Waals surface area contributed by atoms with Gasteiger partial charge in [0.2, 0.25) is 0 Å². The number of benzene rings is 1. The first-order valence-corrected chi connectivity index (χ1v) is 8.55. The van der Waals surface area contributed by atoms with Crippen LogP contribution in [0.15, 0.2) is 42.6 Å². The van der Waals surface area contributed by atoms with Gasteiger partial charge in [-0.25, -0.2) is 4.98 Å². The number of nitrogens with zero attached hydrogens (tertiary/aromatic N) is 3. The Morgan fingerprint density at radius 2 is 1.92 bits per heavy atom. The van der Waals surface area contributed by atoms with E-state index in [1.807, 2.05) is 23.1 Å². The van der Waals surface area contributed by atoms with Crippen LogP contribution in [0.3, 0.4) is 0 Å². The van der Waals surface area contributed by atoms with Gasteiger partial charge in [0.05, 0.1) is 17.2 Å². The summed E-state index contributed by atoms with van der Waals surface area (Å²) in [5.41, 5.74) is 0.426. The number of alkyl halides is 3. The zero-order chi connectivity index (χ0) is 18.3. The molecule has 7 heteroatoms. The fourth-order valence-electron chi connectivity index (χ4n) is 3.73. The Bertz CT molecular complexity index is 823. The molecule has 1 unspecified atom stereocenters. The molecule has 0 bridgehead atoms. The third kappa shape index (κ3) is 3.19. The first-order chi connectivity index (χ1) is 12.4. The van der Waals surface area contributed by atoms with Gasteiger partial charge in [0.15, 0.2) is 5.78 Å². The summed E-state index contributed by atoms with van der Waals surface area (Å²) >= 11 is 0. The van der Waals surface area contributed by atoms with Crippen LogP contribution < -0.4 is 4.90 Å². The molecule has 2 aromatic rings. The molecule has 4 rings (SSSR count). The number of hydrogen-bond donors (Lipinski definition) is 0. The molecule has 0 radical (unpaired) electrons. The summed E-state index contributed by atoms with van der Waals surface area (Å²) in [6, 6.07) is 11.0. The van der Waals surface area contributed by atoms with Crippen molar-refractivity contribution in [1.29, 1.82) is 0 Å². The van der Waals surface area contributed by atoms with Crippen molar-refractivity contribution in [2.24, 2.45) is 0 Å². The average Bonchev–Trinajstić information content (AvgIpc) is 2.61. The smallest absolute Gasteiger partial charge is 0.350 e.